The minimum absolute atomic E-state index is 0. The van der Waals surface area contributed by atoms with E-state index in [9.17, 15) is 4.57 Å². The van der Waals surface area contributed by atoms with Gasteiger partial charge in [-0.3, -0.25) is 4.57 Å². The van der Waals surface area contributed by atoms with E-state index in [2.05, 4.69) is 4.52 Å². The van der Waals surface area contributed by atoms with E-state index in [1.54, 1.807) is 0 Å². The second kappa shape index (κ2) is 8.09. The number of rotatable bonds is 4. The predicted octanol–water partition coefficient (Wildman–Crippen LogP) is -2.18. The molecule has 62 valence electrons. The SMILES string of the molecule is O=[PH](O)OCC(O)CO.[PbH2]. The van der Waals surface area contributed by atoms with E-state index >= 15 is 0 Å². The molecule has 0 aromatic carbocycles. The fourth-order valence-corrected chi connectivity index (χ4v) is 0.555. The first-order chi connectivity index (χ1) is 4.16. The summed E-state index contributed by atoms with van der Waals surface area (Å²) in [5, 5.41) is 16.6. The van der Waals surface area contributed by atoms with Crippen molar-refractivity contribution in [2.45, 2.75) is 6.10 Å². The molecule has 0 aliphatic heterocycles. The zero-order valence-electron chi connectivity index (χ0n) is 5.36. The van der Waals surface area contributed by atoms with Crippen LogP contribution >= 0.6 is 8.25 Å². The van der Waals surface area contributed by atoms with Crippen molar-refractivity contribution < 1.29 is 24.2 Å². The third kappa shape index (κ3) is 8.99. The first kappa shape index (κ1) is 13.6. The molecule has 0 aliphatic carbocycles. The molecule has 2 atom stereocenters. The first-order valence-corrected chi connectivity index (χ1v) is 3.58. The molecule has 0 amide bonds. The standard InChI is InChI=1S/C3H9O5P.Pb.2H/c4-1-3(5)2-8-9(6)7;;;/h3-5,9H,1-2H2,(H,6,7);;;. The van der Waals surface area contributed by atoms with Crippen LogP contribution in [0, 0.1) is 0 Å². The summed E-state index contributed by atoms with van der Waals surface area (Å²) < 4.78 is 13.9. The molecule has 0 spiro atoms. The quantitative estimate of drug-likeness (QED) is 0.390. The maximum absolute atomic E-state index is 9.79. The third-order valence-corrected chi connectivity index (χ3v) is 1.02. The van der Waals surface area contributed by atoms with Gasteiger partial charge in [0.1, 0.15) is 6.10 Å². The molecule has 0 aromatic heterocycles. The van der Waals surface area contributed by atoms with Crippen molar-refractivity contribution in [1.29, 1.82) is 0 Å². The molecular weight excluding hydrogens is 354 g/mol. The van der Waals surface area contributed by atoms with Crippen LogP contribution < -0.4 is 0 Å². The molecule has 5 nitrogen and oxygen atoms in total. The van der Waals surface area contributed by atoms with Gasteiger partial charge in [0, 0.05) is 0 Å². The summed E-state index contributed by atoms with van der Waals surface area (Å²) in [7, 11) is -2.96. The Bertz CT molecular complexity index is 98.9. The van der Waals surface area contributed by atoms with Crippen LogP contribution in [0.2, 0.25) is 0 Å². The molecule has 10 heavy (non-hydrogen) atoms. The summed E-state index contributed by atoms with van der Waals surface area (Å²) in [6, 6.07) is 0. The Morgan fingerprint density at radius 2 is 2.10 bits per heavy atom. The van der Waals surface area contributed by atoms with Gasteiger partial charge in [0.05, 0.1) is 13.2 Å². The van der Waals surface area contributed by atoms with Crippen molar-refractivity contribution >= 4 is 35.6 Å². The van der Waals surface area contributed by atoms with Gasteiger partial charge in [0.15, 0.2) is 0 Å². The van der Waals surface area contributed by atoms with Crippen molar-refractivity contribution in [3.8, 4) is 0 Å². The fourth-order valence-electron chi connectivity index (χ4n) is 0.220. The molecule has 0 saturated carbocycles. The van der Waals surface area contributed by atoms with Gasteiger partial charge in [0.2, 0.25) is 0 Å². The Kier molecular flexibility index (Phi) is 11.0. The molecule has 0 rings (SSSR count). The third-order valence-electron chi connectivity index (χ3n) is 0.610. The van der Waals surface area contributed by atoms with E-state index in [1.165, 1.54) is 0 Å². The van der Waals surface area contributed by atoms with Gasteiger partial charge in [-0.1, -0.05) is 0 Å². The van der Waals surface area contributed by atoms with E-state index in [0.29, 0.717) is 0 Å². The van der Waals surface area contributed by atoms with Crippen LogP contribution in [-0.2, 0) is 9.09 Å². The Hall–Kier alpha value is 0.992. The zero-order chi connectivity index (χ0) is 7.28. The molecule has 0 saturated heterocycles. The van der Waals surface area contributed by atoms with Gasteiger partial charge >= 0.3 is 35.6 Å². The zero-order valence-corrected chi connectivity index (χ0v) is 11.9. The summed E-state index contributed by atoms with van der Waals surface area (Å²) in [4.78, 5) is 8.03. The van der Waals surface area contributed by atoms with Crippen LogP contribution in [0.3, 0.4) is 0 Å². The van der Waals surface area contributed by atoms with Crippen LogP contribution in [0.1, 0.15) is 0 Å². The number of hydrogen-bond acceptors (Lipinski definition) is 4. The molecule has 0 fully saturated rings. The van der Waals surface area contributed by atoms with E-state index < -0.39 is 21.0 Å². The van der Waals surface area contributed by atoms with Gasteiger partial charge in [-0.25, -0.2) is 0 Å². The molecule has 2 unspecified atom stereocenters. The molecule has 0 aliphatic rings. The molecule has 0 bridgehead atoms. The summed E-state index contributed by atoms with van der Waals surface area (Å²) in [5.41, 5.74) is 0. The molecule has 3 N–H and O–H groups in total. The fraction of sp³-hybridized carbons (Fsp3) is 1.00. The Labute approximate surface area is 79.1 Å². The van der Waals surface area contributed by atoms with Crippen molar-refractivity contribution in [1.82, 2.24) is 0 Å². The van der Waals surface area contributed by atoms with Gasteiger partial charge < -0.3 is 19.6 Å². The van der Waals surface area contributed by atoms with Crippen LogP contribution in [0.15, 0.2) is 0 Å². The Morgan fingerprint density at radius 3 is 2.40 bits per heavy atom. The Balaban J connectivity index is 0. The number of aliphatic hydroxyl groups is 2. The Morgan fingerprint density at radius 1 is 1.60 bits per heavy atom. The maximum atomic E-state index is 9.79. The second-order valence-electron chi connectivity index (χ2n) is 1.41. The van der Waals surface area contributed by atoms with Crippen molar-refractivity contribution in [3.05, 3.63) is 0 Å². The minimum atomic E-state index is -2.96. The van der Waals surface area contributed by atoms with Crippen LogP contribution in [0.5, 0.6) is 0 Å². The molecule has 7 heteroatoms. The summed E-state index contributed by atoms with van der Waals surface area (Å²) in [6.07, 6.45) is -1.06. The van der Waals surface area contributed by atoms with Crippen molar-refractivity contribution in [2.24, 2.45) is 0 Å². The summed E-state index contributed by atoms with van der Waals surface area (Å²) in [6.45, 7) is -0.764. The monoisotopic (exact) mass is 366 g/mol. The molecule has 0 heterocycles. The van der Waals surface area contributed by atoms with E-state index in [0.717, 1.165) is 0 Å². The van der Waals surface area contributed by atoms with Gasteiger partial charge in [-0.15, -0.1) is 0 Å². The van der Waals surface area contributed by atoms with Crippen molar-refractivity contribution in [3.63, 3.8) is 0 Å². The van der Waals surface area contributed by atoms with E-state index in [4.69, 9.17) is 15.1 Å². The molecule has 0 aromatic rings. The van der Waals surface area contributed by atoms with Gasteiger partial charge in [-0.2, -0.15) is 0 Å². The van der Waals surface area contributed by atoms with Crippen LogP contribution in [0.25, 0.3) is 0 Å². The molecule has 2 radical (unpaired) electrons. The van der Waals surface area contributed by atoms with Crippen molar-refractivity contribution in [2.75, 3.05) is 13.2 Å². The summed E-state index contributed by atoms with van der Waals surface area (Å²) in [5.74, 6) is 0. The van der Waals surface area contributed by atoms with E-state index in [-0.39, 0.29) is 33.9 Å². The normalized spacial score (nSPS) is 15.5. The van der Waals surface area contributed by atoms with Gasteiger partial charge in [0.25, 0.3) is 0 Å². The van der Waals surface area contributed by atoms with Gasteiger partial charge in [-0.05, 0) is 0 Å². The van der Waals surface area contributed by atoms with E-state index in [1.807, 2.05) is 0 Å². The summed E-state index contributed by atoms with van der Waals surface area (Å²) >= 11 is 0. The molecular formula is C3H11O5PPb. The van der Waals surface area contributed by atoms with Crippen LogP contribution in [0.4, 0.5) is 0 Å². The predicted molar refractivity (Wildman–Crippen MR) is 38.8 cm³/mol. The first-order valence-electron chi connectivity index (χ1n) is 2.31. The topological polar surface area (TPSA) is 87.0 Å². The van der Waals surface area contributed by atoms with Crippen LogP contribution in [-0.4, -0.2) is 61.7 Å². The second-order valence-corrected chi connectivity index (χ2v) is 2.23. The average molecular weight is 365 g/mol. The number of aliphatic hydroxyl groups excluding tert-OH is 2. The average Bonchev–Trinajstić information content (AvgIpc) is 1.83. The number of hydrogen-bond donors (Lipinski definition) is 3.